The smallest absolute Gasteiger partial charge is 0.337 e. The number of carbonyl (C=O) groups is 2. The summed E-state index contributed by atoms with van der Waals surface area (Å²) in [5.74, 6) is -0.637. The van der Waals surface area contributed by atoms with E-state index in [1.165, 1.54) is 20.3 Å². The molecule has 0 aliphatic carbocycles. The lowest BCUT2D eigenvalue weighted by atomic mass is 9.93. The van der Waals surface area contributed by atoms with Crippen LogP contribution in [-0.2, 0) is 19.1 Å². The SMILES string of the molecule is COC(=O)/C=C(\c1ccccc1)c1ccc(C)c(/C=C(\COc2ccccc2C#N)C(=O)OC)c1. The summed E-state index contributed by atoms with van der Waals surface area (Å²) in [6.45, 7) is 1.83. The Balaban J connectivity index is 2.02. The molecule has 6 heteroatoms. The zero-order valence-corrected chi connectivity index (χ0v) is 19.8. The van der Waals surface area contributed by atoms with Crippen molar-refractivity contribution >= 4 is 23.6 Å². The third kappa shape index (κ3) is 6.46. The fourth-order valence-corrected chi connectivity index (χ4v) is 3.41. The number of para-hydroxylation sites is 1. The molecule has 0 aliphatic rings. The summed E-state index contributed by atoms with van der Waals surface area (Å²) in [6.07, 6.45) is 3.14. The monoisotopic (exact) mass is 467 g/mol. The lowest BCUT2D eigenvalue weighted by Gasteiger charge is -2.13. The lowest BCUT2D eigenvalue weighted by Crippen LogP contribution is -2.13. The first-order valence-electron chi connectivity index (χ1n) is 10.8. The van der Waals surface area contributed by atoms with E-state index in [2.05, 4.69) is 6.07 Å². The molecule has 0 heterocycles. The molecule has 35 heavy (non-hydrogen) atoms. The van der Waals surface area contributed by atoms with Crippen molar-refractivity contribution in [1.82, 2.24) is 0 Å². The molecule has 3 aromatic rings. The second kappa shape index (κ2) is 12.0. The van der Waals surface area contributed by atoms with E-state index in [0.717, 1.165) is 22.3 Å². The molecule has 176 valence electrons. The Morgan fingerprint density at radius 1 is 0.914 bits per heavy atom. The van der Waals surface area contributed by atoms with Gasteiger partial charge in [-0.05, 0) is 59.0 Å². The van der Waals surface area contributed by atoms with Crippen LogP contribution in [0.2, 0.25) is 0 Å². The molecule has 0 fully saturated rings. The zero-order valence-electron chi connectivity index (χ0n) is 19.8. The van der Waals surface area contributed by atoms with Gasteiger partial charge in [-0.25, -0.2) is 9.59 Å². The van der Waals surface area contributed by atoms with E-state index in [4.69, 9.17) is 14.2 Å². The minimum atomic E-state index is -0.544. The Labute approximate surface area is 204 Å². The molecule has 0 amide bonds. The van der Waals surface area contributed by atoms with Gasteiger partial charge in [0.15, 0.2) is 0 Å². The first-order chi connectivity index (χ1) is 17.0. The number of nitriles is 1. The average Bonchev–Trinajstić information content (AvgIpc) is 2.90. The highest BCUT2D eigenvalue weighted by molar-refractivity contribution is 5.97. The fraction of sp³-hybridized carbons (Fsp3) is 0.138. The molecule has 0 spiro atoms. The van der Waals surface area contributed by atoms with Crippen LogP contribution < -0.4 is 4.74 Å². The van der Waals surface area contributed by atoms with E-state index >= 15 is 0 Å². The normalized spacial score (nSPS) is 11.4. The largest absolute Gasteiger partial charge is 0.487 e. The van der Waals surface area contributed by atoms with Crippen LogP contribution in [0.15, 0.2) is 84.4 Å². The third-order valence-electron chi connectivity index (χ3n) is 5.31. The van der Waals surface area contributed by atoms with Crippen molar-refractivity contribution in [2.75, 3.05) is 20.8 Å². The van der Waals surface area contributed by atoms with Crippen LogP contribution in [0.3, 0.4) is 0 Å². The van der Waals surface area contributed by atoms with Crippen molar-refractivity contribution in [1.29, 1.82) is 5.26 Å². The third-order valence-corrected chi connectivity index (χ3v) is 5.31. The van der Waals surface area contributed by atoms with Crippen LogP contribution in [0.4, 0.5) is 0 Å². The van der Waals surface area contributed by atoms with Gasteiger partial charge in [0.05, 0.1) is 25.4 Å². The van der Waals surface area contributed by atoms with Gasteiger partial charge in [-0.15, -0.1) is 0 Å². The number of aryl methyl sites for hydroxylation is 1. The predicted octanol–water partition coefficient (Wildman–Crippen LogP) is 5.11. The number of carbonyl (C=O) groups excluding carboxylic acids is 2. The number of esters is 2. The fourth-order valence-electron chi connectivity index (χ4n) is 3.41. The summed E-state index contributed by atoms with van der Waals surface area (Å²) >= 11 is 0. The molecule has 0 atom stereocenters. The van der Waals surface area contributed by atoms with Gasteiger partial charge in [0.2, 0.25) is 0 Å². The van der Waals surface area contributed by atoms with Crippen molar-refractivity contribution in [2.45, 2.75) is 6.92 Å². The Bertz CT molecular complexity index is 1320. The average molecular weight is 468 g/mol. The molecule has 0 saturated carbocycles. The zero-order chi connectivity index (χ0) is 25.2. The van der Waals surface area contributed by atoms with E-state index in [1.807, 2.05) is 55.5 Å². The van der Waals surface area contributed by atoms with Crippen molar-refractivity contribution in [3.05, 3.63) is 112 Å². The van der Waals surface area contributed by atoms with E-state index in [0.29, 0.717) is 16.9 Å². The number of hydrogen-bond donors (Lipinski definition) is 0. The van der Waals surface area contributed by atoms with Crippen LogP contribution in [0.1, 0.15) is 27.8 Å². The summed E-state index contributed by atoms with van der Waals surface area (Å²) < 4.78 is 15.6. The van der Waals surface area contributed by atoms with Gasteiger partial charge in [0.1, 0.15) is 18.4 Å². The molecule has 0 unspecified atom stereocenters. The molecular formula is C29H25NO5. The maximum absolute atomic E-state index is 12.5. The van der Waals surface area contributed by atoms with Crippen LogP contribution in [0.25, 0.3) is 11.6 Å². The number of methoxy groups -OCH3 is 2. The number of hydrogen-bond acceptors (Lipinski definition) is 6. The van der Waals surface area contributed by atoms with Crippen molar-refractivity contribution in [2.24, 2.45) is 0 Å². The molecule has 0 radical (unpaired) electrons. The first kappa shape index (κ1) is 25.0. The van der Waals surface area contributed by atoms with Gasteiger partial charge in [-0.1, -0.05) is 54.6 Å². The Morgan fingerprint density at radius 3 is 2.31 bits per heavy atom. The van der Waals surface area contributed by atoms with Crippen LogP contribution in [0.5, 0.6) is 5.75 Å². The van der Waals surface area contributed by atoms with Crippen molar-refractivity contribution in [3.8, 4) is 11.8 Å². The summed E-state index contributed by atoms with van der Waals surface area (Å²) in [5, 5.41) is 9.29. The quantitative estimate of drug-likeness (QED) is 0.338. The number of nitrogens with zero attached hydrogens (tertiary/aromatic N) is 1. The topological polar surface area (TPSA) is 85.6 Å². The second-order valence-electron chi connectivity index (χ2n) is 7.58. The van der Waals surface area contributed by atoms with Crippen molar-refractivity contribution in [3.63, 3.8) is 0 Å². The Kier molecular flexibility index (Phi) is 8.58. The van der Waals surface area contributed by atoms with E-state index in [9.17, 15) is 14.9 Å². The molecule has 0 N–H and O–H groups in total. The van der Waals surface area contributed by atoms with Gasteiger partial charge in [0, 0.05) is 6.08 Å². The summed E-state index contributed by atoms with van der Waals surface area (Å²) in [5.41, 5.74) is 4.63. The predicted molar refractivity (Wildman–Crippen MR) is 133 cm³/mol. The van der Waals surface area contributed by atoms with Crippen molar-refractivity contribution < 1.29 is 23.8 Å². The maximum Gasteiger partial charge on any atom is 0.337 e. The van der Waals surface area contributed by atoms with E-state index in [-0.39, 0.29) is 12.2 Å². The molecule has 0 bridgehead atoms. The number of ether oxygens (including phenoxy) is 3. The molecular weight excluding hydrogens is 442 g/mol. The molecule has 3 rings (SSSR count). The van der Waals surface area contributed by atoms with Gasteiger partial charge in [0.25, 0.3) is 0 Å². The minimum Gasteiger partial charge on any atom is -0.487 e. The van der Waals surface area contributed by atoms with E-state index in [1.54, 1.807) is 30.3 Å². The molecule has 0 saturated heterocycles. The lowest BCUT2D eigenvalue weighted by molar-refractivity contribution is -0.136. The highest BCUT2D eigenvalue weighted by Gasteiger charge is 2.15. The van der Waals surface area contributed by atoms with Crippen LogP contribution >= 0.6 is 0 Å². The highest BCUT2D eigenvalue weighted by atomic mass is 16.5. The summed E-state index contributed by atoms with van der Waals surface area (Å²) in [7, 11) is 2.63. The molecule has 0 aliphatic heterocycles. The first-order valence-corrected chi connectivity index (χ1v) is 10.8. The number of benzene rings is 3. The number of rotatable bonds is 8. The van der Waals surface area contributed by atoms with Gasteiger partial charge in [-0.3, -0.25) is 0 Å². The van der Waals surface area contributed by atoms with Gasteiger partial charge in [-0.2, -0.15) is 5.26 Å². The van der Waals surface area contributed by atoms with Crippen LogP contribution in [0, 0.1) is 18.3 Å². The molecule has 6 nitrogen and oxygen atoms in total. The minimum absolute atomic E-state index is 0.0847. The summed E-state index contributed by atoms with van der Waals surface area (Å²) in [6, 6.07) is 24.1. The van der Waals surface area contributed by atoms with Gasteiger partial charge >= 0.3 is 11.9 Å². The molecule has 0 aromatic heterocycles. The summed E-state index contributed by atoms with van der Waals surface area (Å²) in [4.78, 5) is 24.6. The Morgan fingerprint density at radius 2 is 1.63 bits per heavy atom. The maximum atomic E-state index is 12.5. The van der Waals surface area contributed by atoms with Gasteiger partial charge < -0.3 is 14.2 Å². The Hall–Kier alpha value is -4.63. The van der Waals surface area contributed by atoms with E-state index < -0.39 is 11.9 Å². The molecule has 3 aromatic carbocycles. The van der Waals surface area contributed by atoms with Crippen LogP contribution in [-0.4, -0.2) is 32.8 Å². The standard InChI is InChI=1S/C29H25NO5/c1-20-13-14-22(26(17-28(31)33-2)21-9-5-4-6-10-21)15-24(20)16-25(29(32)34-3)19-35-27-12-8-7-11-23(27)18-30/h4-17H,19H2,1-3H3/b25-16+,26-17+. The highest BCUT2D eigenvalue weighted by Crippen LogP contribution is 2.27. The second-order valence-corrected chi connectivity index (χ2v) is 7.58.